The summed E-state index contributed by atoms with van der Waals surface area (Å²) in [5.41, 5.74) is 4.57. The number of Topliss-reactive ketones (excluding diaryl/α,β-unsaturated/α-hetero) is 1. The largest absolute Gasteiger partial charge is 0.515 e. The van der Waals surface area contributed by atoms with E-state index in [0.29, 0.717) is 24.3 Å². The van der Waals surface area contributed by atoms with Crippen molar-refractivity contribution in [1.29, 1.82) is 0 Å². The third-order valence-electron chi connectivity index (χ3n) is 8.19. The average molecular weight is 652 g/mol. The minimum Gasteiger partial charge on any atom is -0.489 e. The van der Waals surface area contributed by atoms with Crippen molar-refractivity contribution in [2.24, 2.45) is 0 Å². The lowest BCUT2D eigenvalue weighted by Gasteiger charge is -2.16. The Bertz CT molecular complexity index is 1800. The molecule has 252 valence electrons. The molecule has 9 heteroatoms. The van der Waals surface area contributed by atoms with Crippen molar-refractivity contribution in [2.45, 2.75) is 65.4 Å². The monoisotopic (exact) mass is 651 g/mol. The Balaban J connectivity index is 1.36. The Morgan fingerprint density at radius 2 is 1.60 bits per heavy atom. The number of methoxy groups -OCH3 is 1. The summed E-state index contributed by atoms with van der Waals surface area (Å²) in [5.74, 6) is 0.918. The van der Waals surface area contributed by atoms with Gasteiger partial charge in [-0.2, -0.15) is 0 Å². The molecule has 48 heavy (non-hydrogen) atoms. The van der Waals surface area contributed by atoms with E-state index in [1.807, 2.05) is 59.2 Å². The fraction of sp³-hybridized carbons (Fsp3) is 0.359. The van der Waals surface area contributed by atoms with Crippen molar-refractivity contribution >= 4 is 33.7 Å². The highest BCUT2D eigenvalue weighted by atomic mass is 16.7. The molecule has 3 aromatic carbocycles. The molecular weight excluding hydrogens is 606 g/mol. The first-order chi connectivity index (χ1) is 23.3. The van der Waals surface area contributed by atoms with E-state index in [9.17, 15) is 9.59 Å². The summed E-state index contributed by atoms with van der Waals surface area (Å²) in [6.07, 6.45) is 3.70. The molecule has 0 saturated heterocycles. The van der Waals surface area contributed by atoms with Gasteiger partial charge in [0, 0.05) is 36.4 Å². The van der Waals surface area contributed by atoms with Crippen molar-refractivity contribution < 1.29 is 28.5 Å². The molecule has 0 aliphatic heterocycles. The van der Waals surface area contributed by atoms with Crippen LogP contribution in [0.15, 0.2) is 85.1 Å². The number of pyridine rings is 1. The van der Waals surface area contributed by atoms with Gasteiger partial charge in [-0.3, -0.25) is 4.79 Å². The molecule has 5 aromatic rings. The lowest BCUT2D eigenvalue weighted by Crippen LogP contribution is -2.22. The quantitative estimate of drug-likeness (QED) is 0.0745. The molecule has 9 nitrogen and oxygen atoms in total. The summed E-state index contributed by atoms with van der Waals surface area (Å²) >= 11 is 0. The van der Waals surface area contributed by atoms with Crippen molar-refractivity contribution in [3.8, 4) is 11.6 Å². The molecule has 2 heterocycles. The van der Waals surface area contributed by atoms with Gasteiger partial charge in [0.15, 0.2) is 5.78 Å². The Hall–Kier alpha value is -4.73. The summed E-state index contributed by atoms with van der Waals surface area (Å²) in [5, 5.41) is 1.63. The van der Waals surface area contributed by atoms with Crippen LogP contribution in [0.25, 0.3) is 21.8 Å². The van der Waals surface area contributed by atoms with Gasteiger partial charge in [0.2, 0.25) is 5.88 Å². The minimum atomic E-state index is -0.842. The SMILES string of the molecule is COCc1c(OC(=O)OC(C)C)ncc2c1c1cc(OCc3ccccc3)ccc1n2CC(=O)CCCCN(C)CCc1ccccc1. The third kappa shape index (κ3) is 9.20. The zero-order valence-corrected chi connectivity index (χ0v) is 28.3. The van der Waals surface area contributed by atoms with Crippen LogP contribution in [0.2, 0.25) is 0 Å². The van der Waals surface area contributed by atoms with Crippen LogP contribution in [-0.4, -0.2) is 59.7 Å². The van der Waals surface area contributed by atoms with Gasteiger partial charge in [-0.15, -0.1) is 0 Å². The number of nitrogens with zero attached hydrogens (tertiary/aromatic N) is 3. The second kappa shape index (κ2) is 16.9. The van der Waals surface area contributed by atoms with E-state index in [-0.39, 0.29) is 30.9 Å². The van der Waals surface area contributed by atoms with Gasteiger partial charge in [-0.1, -0.05) is 60.7 Å². The Kier molecular flexibility index (Phi) is 12.2. The predicted molar refractivity (Wildman–Crippen MR) is 187 cm³/mol. The normalized spacial score (nSPS) is 11.5. The van der Waals surface area contributed by atoms with Crippen LogP contribution in [0, 0.1) is 0 Å². The molecule has 0 unspecified atom stereocenters. The number of rotatable bonds is 17. The van der Waals surface area contributed by atoms with Gasteiger partial charge in [0.05, 0.1) is 36.5 Å². The van der Waals surface area contributed by atoms with Gasteiger partial charge in [0.1, 0.15) is 12.4 Å². The van der Waals surface area contributed by atoms with Gasteiger partial charge >= 0.3 is 6.16 Å². The highest BCUT2D eigenvalue weighted by Crippen LogP contribution is 2.37. The summed E-state index contributed by atoms with van der Waals surface area (Å²) < 4.78 is 24.5. The molecule has 0 N–H and O–H groups in total. The fourth-order valence-electron chi connectivity index (χ4n) is 5.81. The Morgan fingerprint density at radius 1 is 0.875 bits per heavy atom. The average Bonchev–Trinajstić information content (AvgIpc) is 3.38. The molecule has 5 rings (SSSR count). The number of fused-ring (bicyclic) bond motifs is 3. The van der Waals surface area contributed by atoms with Crippen molar-refractivity contribution in [1.82, 2.24) is 14.5 Å². The molecule has 0 aliphatic rings. The van der Waals surface area contributed by atoms with E-state index < -0.39 is 6.16 Å². The maximum atomic E-state index is 13.4. The smallest absolute Gasteiger partial charge is 0.489 e. The predicted octanol–water partition coefficient (Wildman–Crippen LogP) is 7.75. The van der Waals surface area contributed by atoms with Crippen LogP contribution in [-0.2, 0) is 40.4 Å². The van der Waals surface area contributed by atoms with Crippen LogP contribution in [0.1, 0.15) is 49.8 Å². The molecule has 2 aromatic heterocycles. The number of likely N-dealkylation sites (N-methyl/N-ethyl adjacent to an activating group) is 1. The summed E-state index contributed by atoms with van der Waals surface area (Å²) in [4.78, 5) is 32.7. The molecule has 0 radical (unpaired) electrons. The molecule has 0 saturated carbocycles. The molecule has 0 atom stereocenters. The first-order valence-electron chi connectivity index (χ1n) is 16.5. The molecule has 0 spiro atoms. The van der Waals surface area contributed by atoms with E-state index in [1.165, 1.54) is 5.56 Å². The first kappa shape index (κ1) is 34.6. The number of benzene rings is 3. The number of ketones is 1. The maximum Gasteiger partial charge on any atom is 0.515 e. The number of hydrogen-bond acceptors (Lipinski definition) is 8. The van der Waals surface area contributed by atoms with Crippen molar-refractivity contribution in [3.05, 3.63) is 102 Å². The number of ether oxygens (including phenoxy) is 4. The van der Waals surface area contributed by atoms with Crippen LogP contribution in [0.4, 0.5) is 4.79 Å². The number of unbranched alkanes of at least 4 members (excludes halogenated alkanes) is 1. The summed E-state index contributed by atoms with van der Waals surface area (Å²) in [6, 6.07) is 26.3. The molecular formula is C39H45N3O6. The Morgan fingerprint density at radius 3 is 2.31 bits per heavy atom. The molecule has 0 amide bonds. The van der Waals surface area contributed by atoms with Crippen molar-refractivity contribution in [2.75, 3.05) is 27.2 Å². The number of carbonyl (C=O) groups is 2. The standard InChI is InChI=1S/C39H45N3O6/c1-28(2)47-39(44)48-38-34(27-45-4)37-33-23-32(46-26-30-15-9-6-10-16-30)18-19-35(33)42(36(37)24-40-38)25-31(43)17-11-12-21-41(3)22-20-29-13-7-5-8-14-29/h5-10,13-16,18-19,23-24,28H,11-12,17,20-22,25-27H2,1-4H3. The zero-order chi connectivity index (χ0) is 33.9. The van der Waals surface area contributed by atoms with Crippen LogP contribution in [0.5, 0.6) is 11.6 Å². The number of hydrogen-bond donors (Lipinski definition) is 0. The van der Waals surface area contributed by atoms with Gasteiger partial charge in [-0.05, 0) is 76.0 Å². The van der Waals surface area contributed by atoms with Crippen molar-refractivity contribution in [3.63, 3.8) is 0 Å². The second-order valence-electron chi connectivity index (χ2n) is 12.3. The van der Waals surface area contributed by atoms with E-state index in [4.69, 9.17) is 18.9 Å². The highest BCUT2D eigenvalue weighted by molar-refractivity contribution is 6.11. The zero-order valence-electron chi connectivity index (χ0n) is 28.3. The van der Waals surface area contributed by atoms with Gasteiger partial charge < -0.3 is 28.4 Å². The third-order valence-corrected chi connectivity index (χ3v) is 8.19. The molecule has 0 bridgehead atoms. The number of carbonyl (C=O) groups excluding carboxylic acids is 2. The number of aromatic nitrogens is 2. The molecule has 0 aliphatic carbocycles. The lowest BCUT2D eigenvalue weighted by molar-refractivity contribution is -0.119. The topological polar surface area (TPSA) is 92.1 Å². The minimum absolute atomic E-state index is 0.104. The first-order valence-corrected chi connectivity index (χ1v) is 16.5. The van der Waals surface area contributed by atoms with E-state index in [2.05, 4.69) is 41.2 Å². The maximum absolute atomic E-state index is 13.4. The Labute approximate surface area is 282 Å². The highest BCUT2D eigenvalue weighted by Gasteiger charge is 2.23. The van der Waals surface area contributed by atoms with Gasteiger partial charge in [0.25, 0.3) is 0 Å². The lowest BCUT2D eigenvalue weighted by atomic mass is 10.1. The second-order valence-corrected chi connectivity index (χ2v) is 12.3. The van der Waals surface area contributed by atoms with Crippen LogP contribution in [0.3, 0.4) is 0 Å². The summed E-state index contributed by atoms with van der Waals surface area (Å²) in [7, 11) is 3.71. The van der Waals surface area contributed by atoms with Gasteiger partial charge in [-0.25, -0.2) is 9.78 Å². The van der Waals surface area contributed by atoms with E-state index in [0.717, 1.165) is 59.7 Å². The fourth-order valence-corrected chi connectivity index (χ4v) is 5.81. The molecule has 0 fully saturated rings. The van der Waals surface area contributed by atoms with Crippen LogP contribution >= 0.6 is 0 Å². The van der Waals surface area contributed by atoms with E-state index >= 15 is 0 Å². The van der Waals surface area contributed by atoms with E-state index in [1.54, 1.807) is 27.2 Å². The van der Waals surface area contributed by atoms with Crippen LogP contribution < -0.4 is 9.47 Å². The summed E-state index contributed by atoms with van der Waals surface area (Å²) in [6.45, 7) is 6.15.